The number of likely N-dealkylation sites (N-methyl/N-ethyl adjacent to an activating group) is 2. The molecule has 0 bridgehead atoms. The second-order valence-electron chi connectivity index (χ2n) is 14.1. The van der Waals surface area contributed by atoms with Crippen molar-refractivity contribution in [3.8, 4) is 0 Å². The van der Waals surface area contributed by atoms with E-state index in [9.17, 15) is 33.6 Å². The fourth-order valence-corrected chi connectivity index (χ4v) is 5.72. The lowest BCUT2D eigenvalue weighted by Gasteiger charge is -2.33. The summed E-state index contributed by atoms with van der Waals surface area (Å²) in [4.78, 5) is 96.3. The normalized spacial score (nSPS) is 26.1. The van der Waals surface area contributed by atoms with Crippen LogP contribution in [0.2, 0.25) is 0 Å². The van der Waals surface area contributed by atoms with Gasteiger partial charge >= 0.3 is 11.9 Å². The van der Waals surface area contributed by atoms with Gasteiger partial charge in [0, 0.05) is 26.1 Å². The largest absolute Gasteiger partial charge is 0.464 e. The highest BCUT2D eigenvalue weighted by Gasteiger charge is 2.36. The van der Waals surface area contributed by atoms with Gasteiger partial charge in [-0.05, 0) is 56.9 Å². The molecule has 0 saturated heterocycles. The van der Waals surface area contributed by atoms with Crippen molar-refractivity contribution >= 4 is 41.5 Å². The highest BCUT2D eigenvalue weighted by Crippen LogP contribution is 2.16. The predicted octanol–water partition coefficient (Wildman–Crippen LogP) is 2.69. The molecule has 14 nitrogen and oxygen atoms in total. The molecule has 294 valence electrons. The zero-order valence-electron chi connectivity index (χ0n) is 32.7. The SMILES string of the molecule is CCC(C)[C@@H]1NC(=O)CN(C)C(=O)[C@@H](Cc2ccccc2)N(C)C(=O)[C@H](C)NC(=O)[C@@H](C(C)C)OC(=O)/C(C)=C/CCCCOC(=O)[C@@H](CC)NC1=O. The maximum atomic E-state index is 14.0. The van der Waals surface area contributed by atoms with Gasteiger partial charge in [-0.15, -0.1) is 0 Å². The topological polar surface area (TPSA) is 181 Å². The summed E-state index contributed by atoms with van der Waals surface area (Å²) in [7, 11) is 2.88. The first-order valence-corrected chi connectivity index (χ1v) is 18.5. The number of cyclic esters (lactones) is 2. The second-order valence-corrected chi connectivity index (χ2v) is 14.1. The summed E-state index contributed by atoms with van der Waals surface area (Å²) in [5.74, 6) is -4.96. The fraction of sp³-hybridized carbons (Fsp3) is 0.615. The van der Waals surface area contributed by atoms with Gasteiger partial charge in [0.2, 0.25) is 23.6 Å². The van der Waals surface area contributed by atoms with Crippen molar-refractivity contribution in [2.45, 2.75) is 117 Å². The maximum Gasteiger partial charge on any atom is 0.334 e. The molecule has 1 unspecified atom stereocenters. The summed E-state index contributed by atoms with van der Waals surface area (Å²) in [5.41, 5.74) is 1.06. The Balaban J connectivity index is 2.47. The van der Waals surface area contributed by atoms with Gasteiger partial charge in [0.15, 0.2) is 6.10 Å². The molecule has 2 rings (SSSR count). The number of ether oxygens (including phenoxy) is 2. The number of nitrogens with zero attached hydrogens (tertiary/aromatic N) is 2. The van der Waals surface area contributed by atoms with Crippen LogP contribution in [0.15, 0.2) is 42.0 Å². The van der Waals surface area contributed by atoms with Crippen molar-refractivity contribution in [1.82, 2.24) is 25.8 Å². The van der Waals surface area contributed by atoms with E-state index in [1.165, 1.54) is 30.8 Å². The van der Waals surface area contributed by atoms with E-state index in [2.05, 4.69) is 16.0 Å². The zero-order chi connectivity index (χ0) is 39.8. The second kappa shape index (κ2) is 21.7. The van der Waals surface area contributed by atoms with Crippen molar-refractivity contribution in [3.05, 3.63) is 47.5 Å². The van der Waals surface area contributed by atoms with E-state index in [0.717, 1.165) is 5.56 Å². The highest BCUT2D eigenvalue weighted by atomic mass is 16.5. The Kier molecular flexibility index (Phi) is 18.2. The lowest BCUT2D eigenvalue weighted by molar-refractivity contribution is -0.156. The van der Waals surface area contributed by atoms with Crippen molar-refractivity contribution in [2.24, 2.45) is 11.8 Å². The lowest BCUT2D eigenvalue weighted by atomic mass is 9.97. The fourth-order valence-electron chi connectivity index (χ4n) is 5.72. The molecular weight excluding hydrogens is 682 g/mol. The Labute approximate surface area is 313 Å². The van der Waals surface area contributed by atoms with E-state index in [1.807, 2.05) is 25.1 Å². The quantitative estimate of drug-likeness (QED) is 0.370. The van der Waals surface area contributed by atoms with Crippen LogP contribution in [-0.4, -0.2) is 109 Å². The standard InChI is InChI=1S/C39H59N5O9/c1-10-25(5)32-34(46)41-29(11-2)39(51)52-21-17-13-14-18-26(6)38(50)53-33(24(3)4)35(47)40-27(7)36(48)44(9)30(22-28-19-15-12-16-20-28)37(49)43(8)23-31(45)42-32/h12,15-16,18-20,24-25,27,29-30,32-33H,10-11,13-14,17,21-23H2,1-9H3,(H,40,47)(H,41,46)(H,42,45)/b26-18+/t25?,27-,29+,30+,32-,33+/m0/s1. The van der Waals surface area contributed by atoms with Crippen LogP contribution in [0.3, 0.4) is 0 Å². The van der Waals surface area contributed by atoms with Crippen LogP contribution in [0.25, 0.3) is 0 Å². The Hall–Kier alpha value is -4.75. The monoisotopic (exact) mass is 741 g/mol. The molecule has 0 aliphatic carbocycles. The molecule has 14 heteroatoms. The molecule has 0 radical (unpaired) electrons. The van der Waals surface area contributed by atoms with E-state index in [0.29, 0.717) is 31.3 Å². The smallest absolute Gasteiger partial charge is 0.334 e. The van der Waals surface area contributed by atoms with Gasteiger partial charge in [-0.1, -0.05) is 77.4 Å². The summed E-state index contributed by atoms with van der Waals surface area (Å²) in [6.07, 6.45) is 2.97. The first-order chi connectivity index (χ1) is 25.0. The summed E-state index contributed by atoms with van der Waals surface area (Å²) in [5, 5.41) is 8.10. The number of esters is 2. The van der Waals surface area contributed by atoms with Gasteiger partial charge < -0.3 is 35.2 Å². The number of amides is 5. The first kappa shape index (κ1) is 44.4. The summed E-state index contributed by atoms with van der Waals surface area (Å²) in [6.45, 7) is 11.6. The summed E-state index contributed by atoms with van der Waals surface area (Å²) >= 11 is 0. The van der Waals surface area contributed by atoms with Crippen LogP contribution < -0.4 is 16.0 Å². The molecular formula is C39H59N5O9. The van der Waals surface area contributed by atoms with Crippen LogP contribution >= 0.6 is 0 Å². The third-order valence-electron chi connectivity index (χ3n) is 9.39. The highest BCUT2D eigenvalue weighted by molar-refractivity contribution is 5.96. The molecule has 1 aliphatic heterocycles. The van der Waals surface area contributed by atoms with Crippen molar-refractivity contribution in [1.29, 1.82) is 0 Å². The average Bonchev–Trinajstić information content (AvgIpc) is 3.13. The minimum absolute atomic E-state index is 0.0986. The molecule has 1 aliphatic rings. The Morgan fingerprint density at radius 1 is 0.868 bits per heavy atom. The summed E-state index contributed by atoms with van der Waals surface area (Å²) < 4.78 is 11.0. The molecule has 0 spiro atoms. The van der Waals surface area contributed by atoms with Crippen molar-refractivity contribution in [2.75, 3.05) is 27.2 Å². The Morgan fingerprint density at radius 2 is 1.53 bits per heavy atom. The van der Waals surface area contributed by atoms with Gasteiger partial charge in [0.25, 0.3) is 5.91 Å². The van der Waals surface area contributed by atoms with Crippen molar-refractivity contribution < 1.29 is 43.0 Å². The molecule has 0 fully saturated rings. The molecule has 6 atom stereocenters. The Morgan fingerprint density at radius 3 is 2.13 bits per heavy atom. The predicted molar refractivity (Wildman–Crippen MR) is 199 cm³/mol. The molecule has 1 aromatic carbocycles. The van der Waals surface area contributed by atoms with Crippen LogP contribution in [0.5, 0.6) is 0 Å². The van der Waals surface area contributed by atoms with Gasteiger partial charge in [-0.25, -0.2) is 9.59 Å². The van der Waals surface area contributed by atoms with E-state index in [1.54, 1.807) is 52.8 Å². The first-order valence-electron chi connectivity index (χ1n) is 18.5. The zero-order valence-corrected chi connectivity index (χ0v) is 32.7. The van der Waals surface area contributed by atoms with Crippen molar-refractivity contribution in [3.63, 3.8) is 0 Å². The molecule has 1 heterocycles. The number of carbonyl (C=O) groups is 7. The summed E-state index contributed by atoms with van der Waals surface area (Å²) in [6, 6.07) is 4.94. The number of rotatable bonds is 6. The number of carbonyl (C=O) groups excluding carboxylic acids is 7. The molecule has 3 N–H and O–H groups in total. The van der Waals surface area contributed by atoms with Crippen LogP contribution in [0, 0.1) is 11.8 Å². The molecule has 53 heavy (non-hydrogen) atoms. The van der Waals surface area contributed by atoms with Crippen LogP contribution in [-0.2, 0) is 49.5 Å². The van der Waals surface area contributed by atoms with Gasteiger partial charge in [0.05, 0.1) is 13.2 Å². The minimum atomic E-state index is -1.19. The van der Waals surface area contributed by atoms with E-state index < -0.39 is 84.2 Å². The average molecular weight is 742 g/mol. The van der Waals surface area contributed by atoms with Crippen LogP contribution in [0.4, 0.5) is 0 Å². The Bertz CT molecular complexity index is 1460. The molecule has 0 aromatic heterocycles. The van der Waals surface area contributed by atoms with Gasteiger partial charge in [0.1, 0.15) is 24.2 Å². The van der Waals surface area contributed by atoms with E-state index >= 15 is 0 Å². The number of hydrogen-bond donors (Lipinski definition) is 3. The minimum Gasteiger partial charge on any atom is -0.464 e. The van der Waals surface area contributed by atoms with Gasteiger partial charge in [-0.2, -0.15) is 0 Å². The van der Waals surface area contributed by atoms with E-state index in [4.69, 9.17) is 9.47 Å². The molecule has 1 aromatic rings. The third-order valence-corrected chi connectivity index (χ3v) is 9.39. The van der Waals surface area contributed by atoms with E-state index in [-0.39, 0.29) is 25.4 Å². The van der Waals surface area contributed by atoms with Gasteiger partial charge in [-0.3, -0.25) is 24.0 Å². The number of hydrogen-bond acceptors (Lipinski definition) is 9. The van der Waals surface area contributed by atoms with Crippen LogP contribution in [0.1, 0.15) is 86.1 Å². The molecule has 0 saturated carbocycles. The maximum absolute atomic E-state index is 14.0. The number of benzene rings is 1. The number of nitrogens with one attached hydrogen (secondary N) is 3. The molecule has 5 amide bonds. The third kappa shape index (κ3) is 13.6. The lowest BCUT2D eigenvalue weighted by Crippen LogP contribution is -2.58. The number of allylic oxidation sites excluding steroid dienone is 1.